The van der Waals surface area contributed by atoms with E-state index in [1.807, 2.05) is 29.3 Å². The normalized spacial score (nSPS) is 20.0. The molecule has 3 aliphatic heterocycles. The highest BCUT2D eigenvalue weighted by molar-refractivity contribution is 8.26. The van der Waals surface area contributed by atoms with Crippen LogP contribution < -0.4 is 14.9 Å². The summed E-state index contributed by atoms with van der Waals surface area (Å²) in [6, 6.07) is 5.59. The summed E-state index contributed by atoms with van der Waals surface area (Å²) in [6.45, 7) is 3.52. The van der Waals surface area contributed by atoms with Gasteiger partial charge in [-0.1, -0.05) is 36.5 Å². The molecule has 2 saturated heterocycles. The molecule has 1 aromatic carbocycles. The van der Waals surface area contributed by atoms with Crippen LogP contribution in [0.4, 0.5) is 0 Å². The fourth-order valence-corrected chi connectivity index (χ4v) is 4.80. The fraction of sp³-hybridized carbons (Fsp3) is 0.476. The Morgan fingerprint density at radius 1 is 1.16 bits per heavy atom. The van der Waals surface area contributed by atoms with Crippen LogP contribution >= 0.6 is 24.0 Å². The summed E-state index contributed by atoms with van der Waals surface area (Å²) >= 11 is 6.72. The summed E-state index contributed by atoms with van der Waals surface area (Å²) < 4.78 is 16.5. The van der Waals surface area contributed by atoms with E-state index in [4.69, 9.17) is 26.4 Å². The lowest BCUT2D eigenvalue weighted by molar-refractivity contribution is -0.128. The van der Waals surface area contributed by atoms with Crippen LogP contribution in [-0.2, 0) is 14.3 Å². The van der Waals surface area contributed by atoms with Crippen LogP contribution in [0.2, 0.25) is 0 Å². The van der Waals surface area contributed by atoms with E-state index in [0.717, 1.165) is 37.9 Å². The summed E-state index contributed by atoms with van der Waals surface area (Å²) in [7, 11) is 0. The van der Waals surface area contributed by atoms with Gasteiger partial charge in [-0.15, -0.1) is 0 Å². The smallest absolute Gasteiger partial charge is 0.266 e. The molecule has 3 aliphatic rings. The van der Waals surface area contributed by atoms with Gasteiger partial charge in [0.15, 0.2) is 11.5 Å². The number of ether oxygens (including phenoxy) is 3. The van der Waals surface area contributed by atoms with Gasteiger partial charge >= 0.3 is 0 Å². The van der Waals surface area contributed by atoms with Gasteiger partial charge in [-0.2, -0.15) is 0 Å². The largest absolute Gasteiger partial charge is 0.454 e. The zero-order valence-electron chi connectivity index (χ0n) is 17.1. The van der Waals surface area contributed by atoms with E-state index in [0.29, 0.717) is 46.9 Å². The van der Waals surface area contributed by atoms with E-state index < -0.39 is 0 Å². The number of morpholine rings is 1. The van der Waals surface area contributed by atoms with Gasteiger partial charge in [0.05, 0.1) is 18.1 Å². The molecule has 0 radical (unpaired) electrons. The SMILES string of the molecule is O=C(CCCCCN1C(=O)/C(=C/c2ccc3c(c2)OCO3)SC1=S)NN1CCOCC1. The molecule has 0 aliphatic carbocycles. The first-order valence-corrected chi connectivity index (χ1v) is 11.6. The average Bonchev–Trinajstić information content (AvgIpc) is 3.33. The summed E-state index contributed by atoms with van der Waals surface area (Å²) in [6.07, 6.45) is 4.73. The van der Waals surface area contributed by atoms with Gasteiger partial charge in [0, 0.05) is 26.1 Å². The maximum absolute atomic E-state index is 12.8. The van der Waals surface area contributed by atoms with Crippen LogP contribution in [0, 0.1) is 0 Å². The minimum absolute atomic E-state index is 0.0270. The summed E-state index contributed by atoms with van der Waals surface area (Å²) in [5, 5.41) is 1.90. The average molecular weight is 464 g/mol. The number of rotatable bonds is 8. The van der Waals surface area contributed by atoms with E-state index in [2.05, 4.69) is 5.43 Å². The highest BCUT2D eigenvalue weighted by Gasteiger charge is 2.31. The molecule has 3 heterocycles. The molecule has 0 aromatic heterocycles. The molecule has 0 spiro atoms. The predicted octanol–water partition coefficient (Wildman–Crippen LogP) is 2.54. The number of thiocarbonyl (C=S) groups is 1. The van der Waals surface area contributed by atoms with Gasteiger partial charge in [0.2, 0.25) is 12.7 Å². The number of hydrogen-bond acceptors (Lipinski definition) is 8. The van der Waals surface area contributed by atoms with Crippen molar-refractivity contribution < 1.29 is 23.8 Å². The van der Waals surface area contributed by atoms with E-state index in [1.54, 1.807) is 4.90 Å². The van der Waals surface area contributed by atoms with Crippen molar-refractivity contribution in [3.8, 4) is 11.5 Å². The second-order valence-electron chi connectivity index (χ2n) is 7.39. The maximum atomic E-state index is 12.8. The summed E-state index contributed by atoms with van der Waals surface area (Å²) in [4.78, 5) is 27.0. The number of nitrogens with zero attached hydrogens (tertiary/aromatic N) is 2. The standard InChI is InChI=1S/C21H25N3O5S2/c25-19(22-23-8-10-27-11-9-23)4-2-1-3-7-24-20(26)18(31-21(24)30)13-15-5-6-16-17(12-15)29-14-28-16/h5-6,12-13H,1-4,7-11,14H2,(H,22,25)/b18-13-. The van der Waals surface area contributed by atoms with Gasteiger partial charge in [0.25, 0.3) is 5.91 Å². The van der Waals surface area contributed by atoms with Gasteiger partial charge in [0.1, 0.15) is 4.32 Å². The van der Waals surface area contributed by atoms with Crippen LogP contribution in [0.5, 0.6) is 11.5 Å². The Morgan fingerprint density at radius 2 is 1.97 bits per heavy atom. The summed E-state index contributed by atoms with van der Waals surface area (Å²) in [5.74, 6) is 1.35. The number of thioether (sulfide) groups is 1. The molecule has 0 bridgehead atoms. The molecule has 0 atom stereocenters. The molecule has 31 heavy (non-hydrogen) atoms. The maximum Gasteiger partial charge on any atom is 0.266 e. The van der Waals surface area contributed by atoms with Crippen LogP contribution in [0.3, 0.4) is 0 Å². The zero-order chi connectivity index (χ0) is 21.6. The quantitative estimate of drug-likeness (QED) is 0.358. The highest BCUT2D eigenvalue weighted by Crippen LogP contribution is 2.36. The molecule has 2 amide bonds. The molecule has 1 aromatic rings. The minimum atomic E-state index is -0.0715. The van der Waals surface area contributed by atoms with Gasteiger partial charge < -0.3 is 14.2 Å². The molecular weight excluding hydrogens is 438 g/mol. The predicted molar refractivity (Wildman–Crippen MR) is 121 cm³/mol. The zero-order valence-corrected chi connectivity index (χ0v) is 18.8. The number of nitrogens with one attached hydrogen (secondary N) is 1. The number of carbonyl (C=O) groups excluding carboxylic acids is 2. The van der Waals surface area contributed by atoms with Crippen molar-refractivity contribution in [3.05, 3.63) is 28.7 Å². The molecular formula is C21H25N3O5S2. The van der Waals surface area contributed by atoms with Crippen LogP contribution in [0.1, 0.15) is 31.2 Å². The first kappa shape index (κ1) is 22.1. The first-order chi connectivity index (χ1) is 15.1. The number of benzene rings is 1. The molecule has 1 N–H and O–H groups in total. The lowest BCUT2D eigenvalue weighted by Crippen LogP contribution is -2.48. The molecule has 166 valence electrons. The van der Waals surface area contributed by atoms with E-state index in [9.17, 15) is 9.59 Å². The van der Waals surface area contributed by atoms with Crippen molar-refractivity contribution in [2.45, 2.75) is 25.7 Å². The molecule has 10 heteroatoms. The number of unbranched alkanes of at least 4 members (excludes halogenated alkanes) is 2. The van der Waals surface area contributed by atoms with Crippen molar-refractivity contribution >= 4 is 46.2 Å². The topological polar surface area (TPSA) is 80.3 Å². The monoisotopic (exact) mass is 463 g/mol. The van der Waals surface area contributed by atoms with Crippen LogP contribution in [-0.4, -0.2) is 65.7 Å². The Kier molecular flexibility index (Phi) is 7.44. The number of carbonyl (C=O) groups is 2. The Morgan fingerprint density at radius 3 is 2.81 bits per heavy atom. The fourth-order valence-electron chi connectivity index (χ4n) is 3.49. The van der Waals surface area contributed by atoms with Crippen LogP contribution in [0.15, 0.2) is 23.1 Å². The second kappa shape index (κ2) is 10.4. The third-order valence-electron chi connectivity index (χ3n) is 5.15. The van der Waals surface area contributed by atoms with Gasteiger partial charge in [-0.25, -0.2) is 5.01 Å². The third kappa shape index (κ3) is 5.76. The Labute approximate surface area is 190 Å². The Hall–Kier alpha value is -2.14. The van der Waals surface area contributed by atoms with Crippen molar-refractivity contribution in [2.24, 2.45) is 0 Å². The molecule has 4 rings (SSSR count). The molecule has 0 unspecified atom stereocenters. The van der Waals surface area contributed by atoms with E-state index in [-0.39, 0.29) is 18.6 Å². The van der Waals surface area contributed by atoms with E-state index >= 15 is 0 Å². The molecule has 0 saturated carbocycles. The Bertz CT molecular complexity index is 886. The van der Waals surface area contributed by atoms with Gasteiger partial charge in [-0.3, -0.25) is 19.9 Å². The molecule has 2 fully saturated rings. The van der Waals surface area contributed by atoms with Crippen molar-refractivity contribution in [2.75, 3.05) is 39.6 Å². The number of hydrazine groups is 1. The number of hydrogen-bond donors (Lipinski definition) is 1. The third-order valence-corrected chi connectivity index (χ3v) is 6.53. The molecule has 8 nitrogen and oxygen atoms in total. The first-order valence-electron chi connectivity index (χ1n) is 10.4. The van der Waals surface area contributed by atoms with Crippen molar-refractivity contribution in [1.82, 2.24) is 15.3 Å². The summed E-state index contributed by atoms with van der Waals surface area (Å²) in [5.41, 5.74) is 3.78. The number of fused-ring (bicyclic) bond motifs is 1. The van der Waals surface area contributed by atoms with Crippen molar-refractivity contribution in [1.29, 1.82) is 0 Å². The lowest BCUT2D eigenvalue weighted by atomic mass is 10.1. The Balaban J connectivity index is 1.20. The number of amides is 2. The second-order valence-corrected chi connectivity index (χ2v) is 9.07. The highest BCUT2D eigenvalue weighted by atomic mass is 32.2. The van der Waals surface area contributed by atoms with Gasteiger partial charge in [-0.05, 0) is 36.6 Å². The lowest BCUT2D eigenvalue weighted by Gasteiger charge is -2.26. The minimum Gasteiger partial charge on any atom is -0.454 e. The van der Waals surface area contributed by atoms with Crippen LogP contribution in [0.25, 0.3) is 6.08 Å². The van der Waals surface area contributed by atoms with Crippen molar-refractivity contribution in [3.63, 3.8) is 0 Å². The van der Waals surface area contributed by atoms with E-state index in [1.165, 1.54) is 11.8 Å².